The summed E-state index contributed by atoms with van der Waals surface area (Å²) in [5.74, 6) is 0.320. The SMILES string of the molecule is COc1ccc(SCCC(=O)NCc2nc(C(=O)O)cs2)cc1. The number of carboxylic acids is 1. The van der Waals surface area contributed by atoms with Gasteiger partial charge in [0.15, 0.2) is 5.69 Å². The third kappa shape index (κ3) is 5.57. The molecule has 23 heavy (non-hydrogen) atoms. The quantitative estimate of drug-likeness (QED) is 0.710. The lowest BCUT2D eigenvalue weighted by Gasteiger charge is -2.04. The molecule has 0 bridgehead atoms. The van der Waals surface area contributed by atoms with Crippen molar-refractivity contribution in [3.05, 3.63) is 40.3 Å². The minimum Gasteiger partial charge on any atom is -0.497 e. The zero-order chi connectivity index (χ0) is 16.7. The van der Waals surface area contributed by atoms with Crippen LogP contribution in [-0.2, 0) is 11.3 Å². The van der Waals surface area contributed by atoms with E-state index in [4.69, 9.17) is 9.84 Å². The van der Waals surface area contributed by atoms with Gasteiger partial charge in [0.2, 0.25) is 5.91 Å². The van der Waals surface area contributed by atoms with Gasteiger partial charge in [0.25, 0.3) is 0 Å². The molecule has 0 saturated carbocycles. The number of thiazole rings is 1. The van der Waals surface area contributed by atoms with Crippen molar-refractivity contribution in [2.24, 2.45) is 0 Å². The summed E-state index contributed by atoms with van der Waals surface area (Å²) < 4.78 is 5.09. The van der Waals surface area contributed by atoms with Crippen molar-refractivity contribution >= 4 is 35.0 Å². The Morgan fingerprint density at radius 1 is 1.35 bits per heavy atom. The van der Waals surface area contributed by atoms with Gasteiger partial charge in [-0.25, -0.2) is 9.78 Å². The topological polar surface area (TPSA) is 88.5 Å². The van der Waals surface area contributed by atoms with Gasteiger partial charge in [0.05, 0.1) is 13.7 Å². The third-order valence-corrected chi connectivity index (χ3v) is 4.73. The highest BCUT2D eigenvalue weighted by Crippen LogP contribution is 2.21. The minimum absolute atomic E-state index is 0.00862. The maximum Gasteiger partial charge on any atom is 0.355 e. The van der Waals surface area contributed by atoms with Crippen molar-refractivity contribution in [3.63, 3.8) is 0 Å². The average Bonchev–Trinajstić information content (AvgIpc) is 3.03. The van der Waals surface area contributed by atoms with Crippen molar-refractivity contribution in [1.29, 1.82) is 0 Å². The highest BCUT2D eigenvalue weighted by Gasteiger charge is 2.09. The number of aromatic carboxylic acids is 1. The summed E-state index contributed by atoms with van der Waals surface area (Å²) >= 11 is 2.81. The predicted molar refractivity (Wildman–Crippen MR) is 89.3 cm³/mol. The Labute approximate surface area is 141 Å². The number of benzene rings is 1. The Kier molecular flexibility index (Phi) is 6.42. The summed E-state index contributed by atoms with van der Waals surface area (Å²) in [6, 6.07) is 7.66. The molecule has 0 aliphatic heterocycles. The first-order valence-corrected chi connectivity index (χ1v) is 8.66. The fourth-order valence-electron chi connectivity index (χ4n) is 1.69. The summed E-state index contributed by atoms with van der Waals surface area (Å²) in [6.45, 7) is 0.254. The van der Waals surface area contributed by atoms with Crippen molar-refractivity contribution in [1.82, 2.24) is 10.3 Å². The molecule has 0 saturated heterocycles. The van der Waals surface area contributed by atoms with Crippen LogP contribution < -0.4 is 10.1 Å². The lowest BCUT2D eigenvalue weighted by Crippen LogP contribution is -2.23. The molecule has 2 N–H and O–H groups in total. The standard InChI is InChI=1S/C15H16N2O4S2/c1-21-10-2-4-11(5-3-10)22-7-6-13(18)16-8-14-17-12(9-23-14)15(19)20/h2-5,9H,6-8H2,1H3,(H,16,18)(H,19,20). The highest BCUT2D eigenvalue weighted by molar-refractivity contribution is 7.99. The number of methoxy groups -OCH3 is 1. The number of aromatic nitrogens is 1. The summed E-state index contributed by atoms with van der Waals surface area (Å²) in [7, 11) is 1.62. The van der Waals surface area contributed by atoms with Crippen LogP contribution in [0.25, 0.3) is 0 Å². The van der Waals surface area contributed by atoms with Crippen LogP contribution in [0.4, 0.5) is 0 Å². The number of carbonyl (C=O) groups is 2. The number of hydrogen-bond donors (Lipinski definition) is 2. The summed E-state index contributed by atoms with van der Waals surface area (Å²) in [5, 5.41) is 13.6. The van der Waals surface area contributed by atoms with Gasteiger partial charge in [-0.05, 0) is 24.3 Å². The number of nitrogens with zero attached hydrogens (tertiary/aromatic N) is 1. The van der Waals surface area contributed by atoms with Crippen LogP contribution in [-0.4, -0.2) is 34.8 Å². The largest absolute Gasteiger partial charge is 0.497 e. The van der Waals surface area contributed by atoms with E-state index in [-0.39, 0.29) is 18.1 Å². The molecule has 1 aromatic heterocycles. The van der Waals surface area contributed by atoms with Crippen LogP contribution in [0.15, 0.2) is 34.5 Å². The molecular formula is C15H16N2O4S2. The third-order valence-electron chi connectivity index (χ3n) is 2.86. The zero-order valence-electron chi connectivity index (χ0n) is 12.4. The maximum absolute atomic E-state index is 11.8. The van der Waals surface area contributed by atoms with Crippen LogP contribution in [0.3, 0.4) is 0 Å². The fourth-order valence-corrected chi connectivity index (χ4v) is 3.25. The van der Waals surface area contributed by atoms with Gasteiger partial charge < -0.3 is 15.2 Å². The first kappa shape index (κ1) is 17.3. The molecule has 0 radical (unpaired) electrons. The van der Waals surface area contributed by atoms with Crippen LogP contribution >= 0.6 is 23.1 Å². The predicted octanol–water partition coefficient (Wildman–Crippen LogP) is 2.65. The first-order chi connectivity index (χ1) is 11.1. The number of amides is 1. The fraction of sp³-hybridized carbons (Fsp3) is 0.267. The lowest BCUT2D eigenvalue weighted by atomic mass is 10.3. The summed E-state index contributed by atoms with van der Waals surface area (Å²) in [5.41, 5.74) is 0.00862. The maximum atomic E-state index is 11.8. The Bertz CT molecular complexity index is 670. The Balaban J connectivity index is 1.69. The van der Waals surface area contributed by atoms with Crippen LogP contribution in [0.1, 0.15) is 21.9 Å². The Hall–Kier alpha value is -2.06. The van der Waals surface area contributed by atoms with E-state index in [9.17, 15) is 9.59 Å². The molecule has 0 aliphatic rings. The molecule has 1 amide bonds. The molecule has 0 fully saturated rings. The molecule has 8 heteroatoms. The van der Waals surface area contributed by atoms with Crippen LogP contribution in [0.5, 0.6) is 5.75 Å². The molecule has 2 rings (SSSR count). The van der Waals surface area contributed by atoms with E-state index in [2.05, 4.69) is 10.3 Å². The number of carboxylic acid groups (broad SMARTS) is 1. The molecule has 0 atom stereocenters. The molecule has 1 aromatic carbocycles. The van der Waals surface area contributed by atoms with E-state index in [0.717, 1.165) is 10.6 Å². The number of hydrogen-bond acceptors (Lipinski definition) is 6. The van der Waals surface area contributed by atoms with E-state index < -0.39 is 5.97 Å². The van der Waals surface area contributed by atoms with Gasteiger partial charge in [-0.3, -0.25) is 4.79 Å². The molecule has 1 heterocycles. The van der Waals surface area contributed by atoms with E-state index in [1.807, 2.05) is 24.3 Å². The van der Waals surface area contributed by atoms with E-state index in [1.54, 1.807) is 18.9 Å². The molecule has 0 unspecified atom stereocenters. The number of thioether (sulfide) groups is 1. The molecule has 6 nitrogen and oxygen atoms in total. The smallest absolute Gasteiger partial charge is 0.355 e. The van der Waals surface area contributed by atoms with E-state index in [0.29, 0.717) is 17.2 Å². The molecular weight excluding hydrogens is 336 g/mol. The summed E-state index contributed by atoms with van der Waals surface area (Å²) in [6.07, 6.45) is 0.383. The second-order valence-corrected chi connectivity index (χ2v) is 6.59. The summed E-state index contributed by atoms with van der Waals surface area (Å²) in [4.78, 5) is 27.5. The molecule has 122 valence electrons. The minimum atomic E-state index is -1.06. The van der Waals surface area contributed by atoms with E-state index in [1.165, 1.54) is 16.7 Å². The van der Waals surface area contributed by atoms with Gasteiger partial charge >= 0.3 is 5.97 Å². The van der Waals surface area contributed by atoms with Crippen molar-refractivity contribution in [2.45, 2.75) is 17.9 Å². The number of rotatable bonds is 8. The second-order valence-electron chi connectivity index (χ2n) is 4.48. The Morgan fingerprint density at radius 3 is 2.70 bits per heavy atom. The average molecular weight is 352 g/mol. The molecule has 2 aromatic rings. The zero-order valence-corrected chi connectivity index (χ0v) is 14.1. The lowest BCUT2D eigenvalue weighted by molar-refractivity contribution is -0.120. The van der Waals surface area contributed by atoms with Crippen molar-refractivity contribution < 1.29 is 19.4 Å². The normalized spacial score (nSPS) is 10.3. The monoisotopic (exact) mass is 352 g/mol. The first-order valence-electron chi connectivity index (χ1n) is 6.79. The second kappa shape index (κ2) is 8.54. The Morgan fingerprint density at radius 2 is 2.09 bits per heavy atom. The van der Waals surface area contributed by atoms with Gasteiger partial charge in [0.1, 0.15) is 10.8 Å². The van der Waals surface area contributed by atoms with Crippen molar-refractivity contribution in [2.75, 3.05) is 12.9 Å². The van der Waals surface area contributed by atoms with Crippen LogP contribution in [0.2, 0.25) is 0 Å². The molecule has 0 aliphatic carbocycles. The van der Waals surface area contributed by atoms with Gasteiger partial charge in [-0.15, -0.1) is 23.1 Å². The number of nitrogens with one attached hydrogen (secondary N) is 1. The van der Waals surface area contributed by atoms with Crippen LogP contribution in [0, 0.1) is 0 Å². The van der Waals surface area contributed by atoms with Gasteiger partial charge in [0, 0.05) is 22.4 Å². The number of ether oxygens (including phenoxy) is 1. The highest BCUT2D eigenvalue weighted by atomic mass is 32.2. The van der Waals surface area contributed by atoms with Crippen molar-refractivity contribution in [3.8, 4) is 5.75 Å². The van der Waals surface area contributed by atoms with Gasteiger partial charge in [-0.2, -0.15) is 0 Å². The van der Waals surface area contributed by atoms with E-state index >= 15 is 0 Å². The van der Waals surface area contributed by atoms with Gasteiger partial charge in [-0.1, -0.05) is 0 Å². The number of carbonyl (C=O) groups excluding carboxylic acids is 1. The molecule has 0 spiro atoms.